The normalized spacial score (nSPS) is 14.3. The van der Waals surface area contributed by atoms with Gasteiger partial charge >= 0.3 is 0 Å². The number of carbonyl (C=O) groups is 1. The predicted molar refractivity (Wildman–Crippen MR) is 247 cm³/mol. The van der Waals surface area contributed by atoms with Crippen LogP contribution in [0.25, 0.3) is 0 Å². The Morgan fingerprint density at radius 2 is 0.737 bits per heavy atom. The number of hydrogen-bond donors (Lipinski definition) is 5. The lowest BCUT2D eigenvalue weighted by Crippen LogP contribution is -2.53. The highest BCUT2D eigenvalue weighted by atomic mass is 16.3. The third kappa shape index (κ3) is 39.7. The first kappa shape index (κ1) is 55.5. The van der Waals surface area contributed by atoms with Gasteiger partial charge in [0, 0.05) is 0 Å². The van der Waals surface area contributed by atoms with Crippen LogP contribution in [0.1, 0.15) is 251 Å². The molecule has 0 aliphatic heterocycles. The van der Waals surface area contributed by atoms with Gasteiger partial charge in [-0.2, -0.15) is 0 Å². The first-order valence-corrected chi connectivity index (χ1v) is 24.9. The molecule has 0 heterocycles. The van der Waals surface area contributed by atoms with Gasteiger partial charge in [0.1, 0.15) is 12.2 Å². The van der Waals surface area contributed by atoms with Gasteiger partial charge in [0.05, 0.1) is 18.8 Å². The van der Waals surface area contributed by atoms with Crippen LogP contribution in [-0.4, -0.2) is 57.3 Å². The number of carbonyl (C=O) groups excluding carboxylic acids is 1. The molecule has 4 atom stereocenters. The Kier molecular flexibility index (Phi) is 44.4. The number of rotatable bonds is 45. The minimum Gasteiger partial charge on any atom is -0.394 e. The van der Waals surface area contributed by atoms with Crippen molar-refractivity contribution in [2.75, 3.05) is 6.61 Å². The van der Waals surface area contributed by atoms with Crippen molar-refractivity contribution >= 4 is 5.91 Å². The van der Waals surface area contributed by atoms with Gasteiger partial charge in [-0.1, -0.05) is 211 Å². The molecule has 5 N–H and O–H groups in total. The van der Waals surface area contributed by atoms with Gasteiger partial charge in [0.25, 0.3) is 0 Å². The van der Waals surface area contributed by atoms with Crippen LogP contribution in [0.2, 0.25) is 0 Å². The largest absolute Gasteiger partial charge is 0.394 e. The third-order valence-corrected chi connectivity index (χ3v) is 11.6. The van der Waals surface area contributed by atoms with Crippen LogP contribution in [0.4, 0.5) is 0 Å². The Balaban J connectivity index is 3.65. The molecule has 4 unspecified atom stereocenters. The van der Waals surface area contributed by atoms with E-state index in [0.29, 0.717) is 19.3 Å². The van der Waals surface area contributed by atoms with Crippen molar-refractivity contribution < 1.29 is 25.2 Å². The number of unbranched alkanes of at least 4 members (excludes halogenated alkanes) is 30. The highest BCUT2D eigenvalue weighted by molar-refractivity contribution is 5.80. The zero-order valence-electron chi connectivity index (χ0n) is 37.8. The van der Waals surface area contributed by atoms with E-state index in [4.69, 9.17) is 0 Å². The fourth-order valence-electron chi connectivity index (χ4n) is 7.59. The van der Waals surface area contributed by atoms with Crippen molar-refractivity contribution in [3.63, 3.8) is 0 Å². The molecule has 6 heteroatoms. The molecular weight excluding hydrogens is 707 g/mol. The van der Waals surface area contributed by atoms with E-state index in [-0.39, 0.29) is 0 Å². The van der Waals surface area contributed by atoms with Gasteiger partial charge in [-0.15, -0.1) is 0 Å². The Morgan fingerprint density at radius 1 is 0.421 bits per heavy atom. The van der Waals surface area contributed by atoms with Crippen LogP contribution >= 0.6 is 0 Å². The van der Waals surface area contributed by atoms with E-state index < -0.39 is 36.9 Å². The zero-order chi connectivity index (χ0) is 41.7. The van der Waals surface area contributed by atoms with E-state index in [9.17, 15) is 25.2 Å². The maximum Gasteiger partial charge on any atom is 0.249 e. The van der Waals surface area contributed by atoms with E-state index in [0.717, 1.165) is 44.9 Å². The molecule has 0 saturated heterocycles. The van der Waals surface area contributed by atoms with Crippen LogP contribution in [-0.2, 0) is 4.79 Å². The molecule has 0 radical (unpaired) electrons. The van der Waals surface area contributed by atoms with E-state index >= 15 is 0 Å². The summed E-state index contributed by atoms with van der Waals surface area (Å²) in [7, 11) is 0. The lowest BCUT2D eigenvalue weighted by Gasteiger charge is -2.27. The van der Waals surface area contributed by atoms with Crippen molar-refractivity contribution in [1.29, 1.82) is 0 Å². The highest BCUT2D eigenvalue weighted by Gasteiger charge is 2.28. The summed E-state index contributed by atoms with van der Waals surface area (Å²) in [4.78, 5) is 12.5. The van der Waals surface area contributed by atoms with Crippen LogP contribution < -0.4 is 5.32 Å². The number of allylic oxidation sites excluding steroid dienone is 6. The topological polar surface area (TPSA) is 110 Å². The Hall–Kier alpha value is -1.47. The molecule has 0 fully saturated rings. The standard InChI is InChI=1S/C51H97NO5/c1-3-5-7-9-11-13-15-17-18-19-20-21-22-23-24-25-26-27-28-29-30-31-33-35-37-39-41-43-45-49(55)51(57)52-47(46-53)50(56)48(54)44-42-40-38-36-34-32-16-14-12-10-8-6-4-2/h14,16,23-24,36,38,47-50,53-56H,3-13,15,17-22,25-35,37,39-46H2,1-2H3,(H,52,57)/b16-14+,24-23-,38-36+. The molecule has 0 rings (SSSR count). The molecule has 0 aliphatic carbocycles. The molecule has 0 aromatic carbocycles. The van der Waals surface area contributed by atoms with Gasteiger partial charge in [0.15, 0.2) is 0 Å². The predicted octanol–water partition coefficient (Wildman–Crippen LogP) is 13.7. The number of nitrogens with one attached hydrogen (secondary N) is 1. The number of aliphatic hydroxyl groups excluding tert-OH is 4. The van der Waals surface area contributed by atoms with Gasteiger partial charge < -0.3 is 25.7 Å². The van der Waals surface area contributed by atoms with E-state index in [1.54, 1.807) is 0 Å². The van der Waals surface area contributed by atoms with Gasteiger partial charge in [-0.25, -0.2) is 0 Å². The van der Waals surface area contributed by atoms with E-state index in [1.165, 1.54) is 173 Å². The summed E-state index contributed by atoms with van der Waals surface area (Å²) in [6.45, 7) is 4.02. The summed E-state index contributed by atoms with van der Waals surface area (Å²) in [5, 5.41) is 43.7. The van der Waals surface area contributed by atoms with Crippen LogP contribution in [0.15, 0.2) is 36.5 Å². The average Bonchev–Trinajstić information content (AvgIpc) is 3.22. The average molecular weight is 804 g/mol. The fraction of sp³-hybridized carbons (Fsp3) is 0.863. The van der Waals surface area contributed by atoms with Crippen molar-refractivity contribution in [3.8, 4) is 0 Å². The quantitative estimate of drug-likeness (QED) is 0.0311. The molecule has 0 bridgehead atoms. The minimum absolute atomic E-state index is 0.360. The summed E-state index contributed by atoms with van der Waals surface area (Å²) in [5.41, 5.74) is 0. The van der Waals surface area contributed by atoms with Crippen molar-refractivity contribution in [1.82, 2.24) is 5.32 Å². The van der Waals surface area contributed by atoms with Gasteiger partial charge in [-0.05, 0) is 77.0 Å². The van der Waals surface area contributed by atoms with E-state index in [1.807, 2.05) is 0 Å². The fourth-order valence-corrected chi connectivity index (χ4v) is 7.59. The van der Waals surface area contributed by atoms with Crippen LogP contribution in [0.5, 0.6) is 0 Å². The molecule has 336 valence electrons. The Bertz CT molecular complexity index is 904. The molecule has 0 aromatic heterocycles. The third-order valence-electron chi connectivity index (χ3n) is 11.6. The zero-order valence-corrected chi connectivity index (χ0v) is 37.8. The SMILES string of the molecule is CCCCCC/C=C/CC/C=C/CCCC(O)C(O)C(CO)NC(=O)C(O)CCCCCCCCCCCCCC/C=C\CCCCCCCCCCCCCC. The molecule has 1 amide bonds. The van der Waals surface area contributed by atoms with Crippen LogP contribution in [0.3, 0.4) is 0 Å². The second-order valence-electron chi connectivity index (χ2n) is 17.1. The Morgan fingerprint density at radius 3 is 1.12 bits per heavy atom. The monoisotopic (exact) mass is 804 g/mol. The molecule has 0 aromatic rings. The van der Waals surface area contributed by atoms with Crippen LogP contribution in [0, 0.1) is 0 Å². The summed E-state index contributed by atoms with van der Waals surface area (Å²) >= 11 is 0. The van der Waals surface area contributed by atoms with Crippen molar-refractivity contribution in [3.05, 3.63) is 36.5 Å². The second kappa shape index (κ2) is 45.6. The summed E-state index contributed by atoms with van der Waals surface area (Å²) in [5.74, 6) is -0.597. The first-order chi connectivity index (χ1) is 28.0. The molecule has 0 spiro atoms. The number of aliphatic hydroxyl groups is 4. The van der Waals surface area contributed by atoms with Gasteiger partial charge in [0.2, 0.25) is 5.91 Å². The Labute approximate surface area is 354 Å². The summed E-state index contributed by atoms with van der Waals surface area (Å²) in [6.07, 6.45) is 54.9. The summed E-state index contributed by atoms with van der Waals surface area (Å²) < 4.78 is 0. The molecule has 0 aliphatic rings. The molecule has 6 nitrogen and oxygen atoms in total. The van der Waals surface area contributed by atoms with Crippen molar-refractivity contribution in [2.24, 2.45) is 0 Å². The number of hydrogen-bond acceptors (Lipinski definition) is 5. The molecule has 57 heavy (non-hydrogen) atoms. The maximum absolute atomic E-state index is 12.5. The number of amides is 1. The van der Waals surface area contributed by atoms with E-state index in [2.05, 4.69) is 55.6 Å². The minimum atomic E-state index is -1.29. The first-order valence-electron chi connectivity index (χ1n) is 24.9. The lowest BCUT2D eigenvalue weighted by molar-refractivity contribution is -0.132. The van der Waals surface area contributed by atoms with Crippen molar-refractivity contribution in [2.45, 2.75) is 276 Å². The smallest absolute Gasteiger partial charge is 0.249 e. The lowest BCUT2D eigenvalue weighted by atomic mass is 10.00. The molecular formula is C51H97NO5. The summed E-state index contributed by atoms with van der Waals surface area (Å²) in [6, 6.07) is -1.01. The highest BCUT2D eigenvalue weighted by Crippen LogP contribution is 2.16. The maximum atomic E-state index is 12.5. The second-order valence-corrected chi connectivity index (χ2v) is 17.1. The van der Waals surface area contributed by atoms with Gasteiger partial charge in [-0.3, -0.25) is 4.79 Å². The molecule has 0 saturated carbocycles.